The Morgan fingerprint density at radius 3 is 2.09 bits per heavy atom. The lowest BCUT2D eigenvalue weighted by Crippen LogP contribution is -2.28. The summed E-state index contributed by atoms with van der Waals surface area (Å²) in [4.78, 5) is 11.4. The van der Waals surface area contributed by atoms with Crippen LogP contribution in [0.2, 0.25) is 0 Å². The highest BCUT2D eigenvalue weighted by Crippen LogP contribution is 2.22. The molecule has 0 aliphatic carbocycles. The van der Waals surface area contributed by atoms with E-state index in [9.17, 15) is 4.79 Å². The SMILES string of the molecule is C=C(C)C(=O)OCC(C)OCC(C)OCC(C)Oc1ccccc1CCCCCCCCC. The largest absolute Gasteiger partial charge is 0.488 e. The van der Waals surface area contributed by atoms with Crippen LogP contribution in [0.5, 0.6) is 5.75 Å². The Bertz CT molecular complexity index is 672. The number of unbranched alkanes of at least 4 members (excludes halogenated alkanes) is 6. The number of aryl methyl sites for hydroxylation is 1. The van der Waals surface area contributed by atoms with Crippen molar-refractivity contribution in [1.82, 2.24) is 0 Å². The number of carbonyl (C=O) groups excluding carboxylic acids is 1. The van der Waals surface area contributed by atoms with Gasteiger partial charge in [-0.1, -0.05) is 70.2 Å². The molecule has 0 spiro atoms. The molecule has 0 aliphatic rings. The second-order valence-electron chi connectivity index (χ2n) is 9.07. The van der Waals surface area contributed by atoms with Crippen molar-refractivity contribution < 1.29 is 23.7 Å². The molecule has 3 atom stereocenters. The van der Waals surface area contributed by atoms with Crippen molar-refractivity contribution in [2.75, 3.05) is 19.8 Å². The molecule has 0 bridgehead atoms. The van der Waals surface area contributed by atoms with Crippen molar-refractivity contribution >= 4 is 5.97 Å². The molecule has 0 aliphatic heterocycles. The van der Waals surface area contributed by atoms with E-state index in [1.807, 2.05) is 32.9 Å². The molecule has 1 aromatic carbocycles. The topological polar surface area (TPSA) is 54.0 Å². The molecule has 0 fully saturated rings. The predicted molar refractivity (Wildman–Crippen MR) is 135 cm³/mol. The third-order valence-electron chi connectivity index (χ3n) is 5.38. The smallest absolute Gasteiger partial charge is 0.333 e. The highest BCUT2D eigenvalue weighted by Gasteiger charge is 2.13. The molecule has 0 aromatic heterocycles. The van der Waals surface area contributed by atoms with Crippen molar-refractivity contribution in [1.29, 1.82) is 0 Å². The molecule has 5 heteroatoms. The molecule has 5 nitrogen and oxygen atoms in total. The Balaban J connectivity index is 2.28. The molecule has 188 valence electrons. The zero-order chi connectivity index (χ0) is 24.5. The molecule has 1 rings (SSSR count). The summed E-state index contributed by atoms with van der Waals surface area (Å²) in [6.45, 7) is 14.4. The quantitative estimate of drug-likeness (QED) is 0.130. The second-order valence-corrected chi connectivity index (χ2v) is 9.07. The van der Waals surface area contributed by atoms with E-state index in [0.29, 0.717) is 18.8 Å². The van der Waals surface area contributed by atoms with Crippen LogP contribution in [0.25, 0.3) is 0 Å². The molecule has 0 saturated heterocycles. The zero-order valence-electron chi connectivity index (χ0n) is 21.6. The Morgan fingerprint density at radius 2 is 1.42 bits per heavy atom. The van der Waals surface area contributed by atoms with Gasteiger partial charge in [-0.3, -0.25) is 0 Å². The molecule has 0 radical (unpaired) electrons. The maximum absolute atomic E-state index is 11.4. The molecular formula is C28H46O5. The van der Waals surface area contributed by atoms with Gasteiger partial charge in [-0.25, -0.2) is 4.79 Å². The van der Waals surface area contributed by atoms with Gasteiger partial charge >= 0.3 is 5.97 Å². The van der Waals surface area contributed by atoms with Crippen LogP contribution in [0, 0.1) is 0 Å². The van der Waals surface area contributed by atoms with E-state index >= 15 is 0 Å². The first-order valence-corrected chi connectivity index (χ1v) is 12.6. The molecule has 33 heavy (non-hydrogen) atoms. The Morgan fingerprint density at radius 1 is 0.848 bits per heavy atom. The summed E-state index contributed by atoms with van der Waals surface area (Å²) >= 11 is 0. The average Bonchev–Trinajstić information content (AvgIpc) is 2.80. The molecule has 3 unspecified atom stereocenters. The van der Waals surface area contributed by atoms with E-state index in [4.69, 9.17) is 18.9 Å². The molecule has 0 heterocycles. The monoisotopic (exact) mass is 462 g/mol. The van der Waals surface area contributed by atoms with E-state index in [1.54, 1.807) is 6.92 Å². The summed E-state index contributed by atoms with van der Waals surface area (Å²) in [5.74, 6) is 0.560. The lowest BCUT2D eigenvalue weighted by Gasteiger charge is -2.21. The number of rotatable bonds is 19. The highest BCUT2D eigenvalue weighted by molar-refractivity contribution is 5.86. The number of ether oxygens (including phenoxy) is 4. The van der Waals surface area contributed by atoms with E-state index < -0.39 is 5.97 Å². The third kappa shape index (κ3) is 14.1. The molecule has 0 N–H and O–H groups in total. The summed E-state index contributed by atoms with van der Waals surface area (Å²) in [6.07, 6.45) is 9.86. The highest BCUT2D eigenvalue weighted by atomic mass is 16.6. The van der Waals surface area contributed by atoms with Crippen LogP contribution in [0.1, 0.15) is 85.1 Å². The van der Waals surface area contributed by atoms with Gasteiger partial charge in [0, 0.05) is 5.57 Å². The van der Waals surface area contributed by atoms with Crippen LogP contribution >= 0.6 is 0 Å². The minimum atomic E-state index is -0.395. The first kappa shape index (κ1) is 29.2. The van der Waals surface area contributed by atoms with Gasteiger partial charge in [-0.15, -0.1) is 0 Å². The van der Waals surface area contributed by atoms with Gasteiger partial charge in [0.15, 0.2) is 0 Å². The number of para-hydroxylation sites is 1. The summed E-state index contributed by atoms with van der Waals surface area (Å²) in [5.41, 5.74) is 1.66. The van der Waals surface area contributed by atoms with Crippen LogP contribution in [-0.2, 0) is 25.4 Å². The number of hydrogen-bond acceptors (Lipinski definition) is 5. The molecule has 0 amide bonds. The van der Waals surface area contributed by atoms with Crippen LogP contribution < -0.4 is 4.74 Å². The van der Waals surface area contributed by atoms with E-state index in [2.05, 4.69) is 25.6 Å². The summed E-state index contributed by atoms with van der Waals surface area (Å²) in [5, 5.41) is 0. The van der Waals surface area contributed by atoms with Crippen molar-refractivity contribution in [3.05, 3.63) is 42.0 Å². The number of esters is 1. The number of benzene rings is 1. The maximum Gasteiger partial charge on any atom is 0.333 e. The van der Waals surface area contributed by atoms with Crippen LogP contribution in [0.4, 0.5) is 0 Å². The maximum atomic E-state index is 11.4. The van der Waals surface area contributed by atoms with E-state index in [1.165, 1.54) is 50.5 Å². The van der Waals surface area contributed by atoms with Gasteiger partial charge in [-0.2, -0.15) is 0 Å². The van der Waals surface area contributed by atoms with E-state index in [-0.39, 0.29) is 24.9 Å². The predicted octanol–water partition coefficient (Wildman–Crippen LogP) is 6.68. The fraction of sp³-hybridized carbons (Fsp3) is 0.679. The fourth-order valence-corrected chi connectivity index (χ4v) is 3.36. The van der Waals surface area contributed by atoms with Gasteiger partial charge in [0.25, 0.3) is 0 Å². The molecular weight excluding hydrogens is 416 g/mol. The Kier molecular flexibility index (Phi) is 15.6. The lowest BCUT2D eigenvalue weighted by molar-refractivity contribution is -0.143. The minimum Gasteiger partial charge on any atom is -0.488 e. The van der Waals surface area contributed by atoms with Crippen LogP contribution in [-0.4, -0.2) is 44.1 Å². The van der Waals surface area contributed by atoms with Gasteiger partial charge in [0.2, 0.25) is 0 Å². The van der Waals surface area contributed by atoms with Gasteiger partial charge in [-0.05, 0) is 52.2 Å². The van der Waals surface area contributed by atoms with Gasteiger partial charge in [0.05, 0.1) is 25.4 Å². The third-order valence-corrected chi connectivity index (χ3v) is 5.38. The molecule has 0 saturated carbocycles. The first-order chi connectivity index (χ1) is 15.8. The second kappa shape index (κ2) is 17.6. The van der Waals surface area contributed by atoms with Crippen molar-refractivity contribution in [3.63, 3.8) is 0 Å². The minimum absolute atomic E-state index is 0.0587. The fourth-order valence-electron chi connectivity index (χ4n) is 3.36. The van der Waals surface area contributed by atoms with Crippen molar-refractivity contribution in [2.45, 2.75) is 104 Å². The zero-order valence-corrected chi connectivity index (χ0v) is 21.6. The number of hydrogen-bond donors (Lipinski definition) is 0. The van der Waals surface area contributed by atoms with Gasteiger partial charge in [0.1, 0.15) is 18.5 Å². The summed E-state index contributed by atoms with van der Waals surface area (Å²) < 4.78 is 22.9. The normalized spacial score (nSPS) is 13.8. The van der Waals surface area contributed by atoms with Crippen LogP contribution in [0.3, 0.4) is 0 Å². The standard InChI is InChI=1S/C28H46O5/c1-7-8-9-10-11-12-13-16-26-17-14-15-18-27(26)33-25(6)21-31-23(4)19-30-24(5)20-32-28(29)22(2)3/h14-15,17-18,23-25H,2,7-13,16,19-21H2,1,3-6H3. The number of carbonyl (C=O) groups is 1. The Hall–Kier alpha value is -1.85. The first-order valence-electron chi connectivity index (χ1n) is 12.6. The lowest BCUT2D eigenvalue weighted by atomic mass is 10.0. The summed E-state index contributed by atoms with van der Waals surface area (Å²) in [7, 11) is 0. The molecule has 1 aromatic rings. The average molecular weight is 463 g/mol. The summed E-state index contributed by atoms with van der Waals surface area (Å²) in [6, 6.07) is 8.32. The Labute approximate surface area is 201 Å². The van der Waals surface area contributed by atoms with Crippen molar-refractivity contribution in [2.24, 2.45) is 0 Å². The van der Waals surface area contributed by atoms with Gasteiger partial charge < -0.3 is 18.9 Å². The van der Waals surface area contributed by atoms with Crippen LogP contribution in [0.15, 0.2) is 36.4 Å². The van der Waals surface area contributed by atoms with Crippen molar-refractivity contribution in [3.8, 4) is 5.75 Å². The van der Waals surface area contributed by atoms with E-state index in [0.717, 1.165) is 12.2 Å².